The molecule has 10 heavy (non-hydrogen) atoms. The Balaban J connectivity index is 3.22. The maximum atomic E-state index is 10.7. The van der Waals surface area contributed by atoms with Crippen molar-refractivity contribution in [2.24, 2.45) is 0 Å². The van der Waals surface area contributed by atoms with E-state index in [-0.39, 0.29) is 4.46 Å². The van der Waals surface area contributed by atoms with Crippen LogP contribution in [0.25, 0.3) is 0 Å². The van der Waals surface area contributed by atoms with Crippen molar-refractivity contribution in [1.29, 1.82) is 0 Å². The molecule has 0 fully saturated rings. The molecule has 54 valence electrons. The van der Waals surface area contributed by atoms with Gasteiger partial charge in [-0.25, -0.2) is 0 Å². The predicted molar refractivity (Wildman–Crippen MR) is 39.1 cm³/mol. The van der Waals surface area contributed by atoms with E-state index >= 15 is 0 Å². The van der Waals surface area contributed by atoms with Gasteiger partial charge in [0, 0.05) is 0 Å². The van der Waals surface area contributed by atoms with E-state index in [0.29, 0.717) is 0 Å². The number of benzene rings is 1. The average Bonchev–Trinajstić information content (AvgIpc) is 1.88. The molecule has 0 saturated carbocycles. The first-order valence-electron chi connectivity index (χ1n) is 2.60. The van der Waals surface area contributed by atoms with E-state index in [1.54, 1.807) is 18.2 Å². The van der Waals surface area contributed by atoms with Gasteiger partial charge in [0.2, 0.25) is 0 Å². The van der Waals surface area contributed by atoms with Gasteiger partial charge < -0.3 is 0 Å². The summed E-state index contributed by atoms with van der Waals surface area (Å²) in [6, 6.07) is 7.97. The molecule has 0 aliphatic rings. The van der Waals surface area contributed by atoms with Crippen LogP contribution in [0.15, 0.2) is 30.3 Å². The van der Waals surface area contributed by atoms with E-state index in [2.05, 4.69) is 0 Å². The van der Waals surface area contributed by atoms with Crippen molar-refractivity contribution in [1.82, 2.24) is 0 Å². The van der Waals surface area contributed by atoms with E-state index < -0.39 is 11.8 Å². The minimum atomic E-state index is -4.23. The van der Waals surface area contributed by atoms with E-state index in [0.717, 1.165) is 0 Å². The zero-order valence-corrected chi connectivity index (χ0v) is 7.46. The molecule has 2 nitrogen and oxygen atoms in total. The van der Waals surface area contributed by atoms with Crippen LogP contribution in [-0.2, 0) is 7.67 Å². The Morgan fingerprint density at radius 1 is 1.10 bits per heavy atom. The van der Waals surface area contributed by atoms with Crippen LogP contribution < -0.4 is 4.46 Å². The van der Waals surface area contributed by atoms with Gasteiger partial charge in [-0.15, -0.1) is 0 Å². The molecular weight excluding hydrogens is 218 g/mol. The SMILES string of the molecule is O=[Se](=O)(Cl)c1ccccc1. The van der Waals surface area contributed by atoms with Gasteiger partial charge in [-0.3, -0.25) is 0 Å². The summed E-state index contributed by atoms with van der Waals surface area (Å²) >= 11 is -4.23. The molecule has 0 aliphatic heterocycles. The van der Waals surface area contributed by atoms with E-state index in [1.807, 2.05) is 0 Å². The summed E-state index contributed by atoms with van der Waals surface area (Å²) in [4.78, 5) is 0. The third-order valence-corrected chi connectivity index (χ3v) is 3.70. The molecule has 0 radical (unpaired) electrons. The Morgan fingerprint density at radius 3 is 1.90 bits per heavy atom. The zero-order valence-electron chi connectivity index (χ0n) is 4.99. The molecule has 0 atom stereocenters. The van der Waals surface area contributed by atoms with Crippen LogP contribution in [0.5, 0.6) is 0 Å². The first kappa shape index (κ1) is 7.73. The Hall–Kier alpha value is -0.371. The van der Waals surface area contributed by atoms with Crippen molar-refractivity contribution in [2.45, 2.75) is 0 Å². The van der Waals surface area contributed by atoms with Crippen molar-refractivity contribution in [2.75, 3.05) is 0 Å². The topological polar surface area (TPSA) is 34.1 Å². The van der Waals surface area contributed by atoms with E-state index in [1.165, 1.54) is 12.1 Å². The van der Waals surface area contributed by atoms with E-state index in [9.17, 15) is 7.67 Å². The summed E-state index contributed by atoms with van der Waals surface area (Å²) in [6.45, 7) is 0. The molecule has 0 aromatic heterocycles. The molecule has 0 unspecified atom stereocenters. The number of halogens is 1. The Kier molecular flexibility index (Phi) is 2.09. The van der Waals surface area contributed by atoms with Gasteiger partial charge in [-0.05, 0) is 0 Å². The monoisotopic (exact) mass is 224 g/mol. The summed E-state index contributed by atoms with van der Waals surface area (Å²) in [5.74, 6) is 0. The van der Waals surface area contributed by atoms with Gasteiger partial charge in [0.1, 0.15) is 0 Å². The molecule has 0 amide bonds. The van der Waals surface area contributed by atoms with Gasteiger partial charge in [-0.1, -0.05) is 0 Å². The van der Waals surface area contributed by atoms with E-state index in [4.69, 9.17) is 10.1 Å². The first-order valence-corrected chi connectivity index (χ1v) is 7.11. The fourth-order valence-corrected chi connectivity index (χ4v) is 2.13. The third-order valence-electron chi connectivity index (χ3n) is 1.02. The summed E-state index contributed by atoms with van der Waals surface area (Å²) in [6.07, 6.45) is 0. The number of hydrogen-bond acceptors (Lipinski definition) is 2. The molecule has 0 heterocycles. The van der Waals surface area contributed by atoms with Crippen molar-refractivity contribution >= 4 is 26.4 Å². The second-order valence-electron chi connectivity index (χ2n) is 1.75. The molecule has 1 aromatic carbocycles. The molecule has 0 N–H and O–H groups in total. The maximum absolute atomic E-state index is 10.7. The normalized spacial score (nSPS) is 11.3. The average molecular weight is 224 g/mol. The second kappa shape index (κ2) is 2.70. The minimum absolute atomic E-state index is 0.209. The molecule has 0 aliphatic carbocycles. The van der Waals surface area contributed by atoms with Gasteiger partial charge >= 0.3 is 64.4 Å². The molecular formula is C6H5ClO2Se. The van der Waals surface area contributed by atoms with Gasteiger partial charge in [0.05, 0.1) is 0 Å². The van der Waals surface area contributed by atoms with Crippen LogP contribution in [0.1, 0.15) is 0 Å². The summed E-state index contributed by atoms with van der Waals surface area (Å²) < 4.78 is 21.6. The Morgan fingerprint density at radius 2 is 1.60 bits per heavy atom. The first-order chi connectivity index (χ1) is 4.61. The summed E-state index contributed by atoms with van der Waals surface area (Å²) in [5.41, 5.74) is 0. The molecule has 0 saturated heterocycles. The van der Waals surface area contributed by atoms with Crippen LogP contribution in [-0.4, -0.2) is 11.8 Å². The third kappa shape index (κ3) is 1.81. The second-order valence-corrected chi connectivity index (χ2v) is 6.69. The summed E-state index contributed by atoms with van der Waals surface area (Å²) in [5, 5.41) is 0. The molecule has 1 rings (SSSR count). The number of rotatable bonds is 1. The van der Waals surface area contributed by atoms with Crippen molar-refractivity contribution < 1.29 is 7.67 Å². The van der Waals surface area contributed by atoms with Crippen molar-refractivity contribution in [3.8, 4) is 0 Å². The molecule has 0 spiro atoms. The fraction of sp³-hybridized carbons (Fsp3) is 0. The van der Waals surface area contributed by atoms with Gasteiger partial charge in [0.25, 0.3) is 0 Å². The predicted octanol–water partition coefficient (Wildman–Crippen LogP) is 0.932. The van der Waals surface area contributed by atoms with Crippen molar-refractivity contribution in [3.63, 3.8) is 0 Å². The Labute approximate surface area is 64.7 Å². The van der Waals surface area contributed by atoms with Crippen LogP contribution in [0, 0.1) is 0 Å². The molecule has 1 aromatic rings. The zero-order chi connectivity index (χ0) is 7.61. The van der Waals surface area contributed by atoms with Crippen LogP contribution in [0.2, 0.25) is 0 Å². The van der Waals surface area contributed by atoms with Crippen LogP contribution >= 0.6 is 10.1 Å². The Bertz CT molecular complexity index is 304. The standard InChI is InChI=1S/C6H5ClO2Se/c7-10(8,9)6-4-2-1-3-5-6/h1-5H. The van der Waals surface area contributed by atoms with Crippen LogP contribution in [0.4, 0.5) is 0 Å². The summed E-state index contributed by atoms with van der Waals surface area (Å²) in [7, 11) is 5.10. The quantitative estimate of drug-likeness (QED) is 0.664. The fourth-order valence-electron chi connectivity index (χ4n) is 0.583. The van der Waals surface area contributed by atoms with Gasteiger partial charge in [0.15, 0.2) is 0 Å². The van der Waals surface area contributed by atoms with Crippen molar-refractivity contribution in [3.05, 3.63) is 30.3 Å². The molecule has 0 bridgehead atoms. The van der Waals surface area contributed by atoms with Crippen LogP contribution in [0.3, 0.4) is 0 Å². The number of hydrogen-bond donors (Lipinski definition) is 0. The van der Waals surface area contributed by atoms with Gasteiger partial charge in [-0.2, -0.15) is 0 Å². The molecule has 4 heteroatoms.